The molecule has 0 bridgehead atoms. The van der Waals surface area contributed by atoms with E-state index in [0.717, 1.165) is 30.2 Å². The van der Waals surface area contributed by atoms with Gasteiger partial charge >= 0.3 is 5.69 Å². The van der Waals surface area contributed by atoms with E-state index in [4.69, 9.17) is 4.74 Å². The standard InChI is InChI=1S/C10H19N3O2S/c1-3-4-8-16-10-12-11-9(14)13(10)6-5-7-15-2/h3-8H2,1-2H3,(H,11,14). The number of thioether (sulfide) groups is 1. The van der Waals surface area contributed by atoms with Crippen LogP contribution in [0.2, 0.25) is 0 Å². The number of hydrogen-bond donors (Lipinski definition) is 1. The third-order valence-electron chi connectivity index (χ3n) is 2.18. The molecule has 0 amide bonds. The van der Waals surface area contributed by atoms with Crippen molar-refractivity contribution in [3.8, 4) is 0 Å². The molecule has 0 radical (unpaired) electrons. The Hall–Kier alpha value is -0.750. The number of ether oxygens (including phenoxy) is 1. The summed E-state index contributed by atoms with van der Waals surface area (Å²) in [5.74, 6) is 1.01. The number of nitrogens with one attached hydrogen (secondary N) is 1. The highest BCUT2D eigenvalue weighted by Crippen LogP contribution is 2.15. The summed E-state index contributed by atoms with van der Waals surface area (Å²) in [6, 6.07) is 0. The summed E-state index contributed by atoms with van der Waals surface area (Å²) in [7, 11) is 1.66. The van der Waals surface area contributed by atoms with Gasteiger partial charge in [0.2, 0.25) is 0 Å². The van der Waals surface area contributed by atoms with Crippen LogP contribution in [0.3, 0.4) is 0 Å². The number of H-pyrrole nitrogens is 1. The van der Waals surface area contributed by atoms with Gasteiger partial charge in [-0.25, -0.2) is 9.89 Å². The smallest absolute Gasteiger partial charge is 0.343 e. The zero-order valence-electron chi connectivity index (χ0n) is 9.86. The molecule has 0 fully saturated rings. The van der Waals surface area contributed by atoms with E-state index in [1.807, 2.05) is 0 Å². The molecule has 0 aliphatic carbocycles. The highest BCUT2D eigenvalue weighted by molar-refractivity contribution is 7.99. The number of nitrogens with zero attached hydrogens (tertiary/aromatic N) is 2. The number of hydrogen-bond acceptors (Lipinski definition) is 4. The van der Waals surface area contributed by atoms with Crippen LogP contribution in [-0.4, -0.2) is 34.2 Å². The summed E-state index contributed by atoms with van der Waals surface area (Å²) in [6.45, 7) is 3.48. The Morgan fingerprint density at radius 1 is 1.50 bits per heavy atom. The largest absolute Gasteiger partial charge is 0.385 e. The van der Waals surface area contributed by atoms with Crippen LogP contribution in [0.15, 0.2) is 9.95 Å². The maximum Gasteiger partial charge on any atom is 0.343 e. The predicted molar refractivity (Wildman–Crippen MR) is 65.0 cm³/mol. The van der Waals surface area contributed by atoms with Crippen LogP contribution >= 0.6 is 11.8 Å². The van der Waals surface area contributed by atoms with Crippen LogP contribution in [0.1, 0.15) is 26.2 Å². The molecule has 0 spiro atoms. The van der Waals surface area contributed by atoms with E-state index in [0.29, 0.717) is 13.2 Å². The van der Waals surface area contributed by atoms with Gasteiger partial charge in [0, 0.05) is 26.0 Å². The lowest BCUT2D eigenvalue weighted by Gasteiger charge is -2.04. The lowest BCUT2D eigenvalue weighted by molar-refractivity contribution is 0.189. The molecule has 0 aliphatic heterocycles. The summed E-state index contributed by atoms with van der Waals surface area (Å²) in [5.41, 5.74) is -0.130. The Bertz CT molecular complexity index is 348. The van der Waals surface area contributed by atoms with Crippen molar-refractivity contribution in [2.75, 3.05) is 19.5 Å². The molecule has 1 N–H and O–H groups in total. The Morgan fingerprint density at radius 2 is 2.31 bits per heavy atom. The molecule has 92 valence electrons. The van der Waals surface area contributed by atoms with Crippen LogP contribution in [0.4, 0.5) is 0 Å². The monoisotopic (exact) mass is 245 g/mol. The molecule has 0 unspecified atom stereocenters. The van der Waals surface area contributed by atoms with E-state index in [-0.39, 0.29) is 5.69 Å². The fourth-order valence-electron chi connectivity index (χ4n) is 1.29. The molecule has 6 heteroatoms. The second kappa shape index (κ2) is 7.51. The van der Waals surface area contributed by atoms with Gasteiger partial charge in [-0.15, -0.1) is 5.10 Å². The predicted octanol–water partition coefficient (Wildman–Crippen LogP) is 1.50. The molecule has 0 saturated heterocycles. The lowest BCUT2D eigenvalue weighted by atomic mass is 10.4. The molecule has 5 nitrogen and oxygen atoms in total. The van der Waals surface area contributed by atoms with Crippen LogP contribution in [0.25, 0.3) is 0 Å². The van der Waals surface area contributed by atoms with Crippen LogP contribution < -0.4 is 5.69 Å². The van der Waals surface area contributed by atoms with Crippen LogP contribution in [-0.2, 0) is 11.3 Å². The lowest BCUT2D eigenvalue weighted by Crippen LogP contribution is -2.18. The molecular formula is C10H19N3O2S. The molecule has 16 heavy (non-hydrogen) atoms. The average molecular weight is 245 g/mol. The SMILES string of the molecule is CCCCSc1n[nH]c(=O)n1CCCOC. The van der Waals surface area contributed by atoms with Crippen LogP contribution in [0.5, 0.6) is 0 Å². The van der Waals surface area contributed by atoms with Crippen molar-refractivity contribution < 1.29 is 4.74 Å². The molecule has 1 aromatic heterocycles. The van der Waals surface area contributed by atoms with Crippen molar-refractivity contribution in [3.05, 3.63) is 10.5 Å². The van der Waals surface area contributed by atoms with Crippen molar-refractivity contribution >= 4 is 11.8 Å². The van der Waals surface area contributed by atoms with Gasteiger partial charge in [-0.05, 0) is 12.8 Å². The van der Waals surface area contributed by atoms with Gasteiger partial charge in [0.1, 0.15) is 0 Å². The molecule has 1 rings (SSSR count). The highest BCUT2D eigenvalue weighted by Gasteiger charge is 2.07. The first-order chi connectivity index (χ1) is 7.79. The first-order valence-corrected chi connectivity index (χ1v) is 6.55. The second-order valence-electron chi connectivity index (χ2n) is 3.51. The maximum atomic E-state index is 11.5. The quantitative estimate of drug-likeness (QED) is 0.557. The highest BCUT2D eigenvalue weighted by atomic mass is 32.2. The topological polar surface area (TPSA) is 59.9 Å². The maximum absolute atomic E-state index is 11.5. The minimum absolute atomic E-state index is 0.130. The van der Waals surface area contributed by atoms with E-state index < -0.39 is 0 Å². The van der Waals surface area contributed by atoms with Crippen molar-refractivity contribution in [1.29, 1.82) is 0 Å². The van der Waals surface area contributed by atoms with Crippen molar-refractivity contribution in [3.63, 3.8) is 0 Å². The molecule has 0 aromatic carbocycles. The van der Waals surface area contributed by atoms with Crippen molar-refractivity contribution in [2.45, 2.75) is 37.9 Å². The normalized spacial score (nSPS) is 10.9. The number of aromatic amines is 1. The van der Waals surface area contributed by atoms with Gasteiger partial charge in [-0.2, -0.15) is 0 Å². The summed E-state index contributed by atoms with van der Waals surface area (Å²) in [5, 5.41) is 7.29. The molecule has 1 heterocycles. The second-order valence-corrected chi connectivity index (χ2v) is 4.57. The van der Waals surface area contributed by atoms with E-state index in [9.17, 15) is 4.79 Å². The van der Waals surface area contributed by atoms with Gasteiger partial charge in [-0.3, -0.25) is 4.57 Å². The fraction of sp³-hybridized carbons (Fsp3) is 0.800. The summed E-state index contributed by atoms with van der Waals surface area (Å²) in [6.07, 6.45) is 3.13. The minimum Gasteiger partial charge on any atom is -0.385 e. The summed E-state index contributed by atoms with van der Waals surface area (Å²) in [4.78, 5) is 11.5. The number of methoxy groups -OCH3 is 1. The molecular weight excluding hydrogens is 226 g/mol. The first kappa shape index (κ1) is 13.3. The molecule has 0 aliphatic rings. The summed E-state index contributed by atoms with van der Waals surface area (Å²) < 4.78 is 6.65. The third-order valence-corrected chi connectivity index (χ3v) is 3.25. The number of unbranched alkanes of at least 4 members (excludes halogenated alkanes) is 1. The Morgan fingerprint density at radius 3 is 3.00 bits per heavy atom. The minimum atomic E-state index is -0.130. The molecule has 0 saturated carbocycles. The number of aromatic nitrogens is 3. The average Bonchev–Trinajstić information content (AvgIpc) is 2.62. The third kappa shape index (κ3) is 4.02. The molecule has 1 aromatic rings. The van der Waals surface area contributed by atoms with Crippen molar-refractivity contribution in [1.82, 2.24) is 14.8 Å². The van der Waals surface area contributed by atoms with E-state index in [1.54, 1.807) is 23.4 Å². The van der Waals surface area contributed by atoms with Gasteiger partial charge in [0.25, 0.3) is 0 Å². The zero-order chi connectivity index (χ0) is 11.8. The Kier molecular flexibility index (Phi) is 6.25. The van der Waals surface area contributed by atoms with E-state index in [2.05, 4.69) is 17.1 Å². The Balaban J connectivity index is 2.52. The molecule has 0 atom stereocenters. The van der Waals surface area contributed by atoms with Gasteiger partial charge in [-0.1, -0.05) is 25.1 Å². The van der Waals surface area contributed by atoms with Gasteiger partial charge in [0.05, 0.1) is 0 Å². The fourth-order valence-corrected chi connectivity index (χ4v) is 2.34. The Labute approximate surface area is 99.6 Å². The van der Waals surface area contributed by atoms with Crippen molar-refractivity contribution in [2.24, 2.45) is 0 Å². The van der Waals surface area contributed by atoms with E-state index >= 15 is 0 Å². The van der Waals surface area contributed by atoms with Gasteiger partial charge in [0.15, 0.2) is 5.16 Å². The van der Waals surface area contributed by atoms with E-state index in [1.165, 1.54) is 0 Å². The zero-order valence-corrected chi connectivity index (χ0v) is 10.7. The summed E-state index contributed by atoms with van der Waals surface area (Å²) >= 11 is 1.63. The van der Waals surface area contributed by atoms with Crippen LogP contribution in [0, 0.1) is 0 Å². The van der Waals surface area contributed by atoms with Gasteiger partial charge < -0.3 is 4.74 Å². The first-order valence-electron chi connectivity index (χ1n) is 5.56. The number of rotatable bonds is 8.